The van der Waals surface area contributed by atoms with Gasteiger partial charge in [-0.2, -0.15) is 18.3 Å². The number of benzene rings is 2. The molecule has 9 heteroatoms. The monoisotopic (exact) mass is 571 g/mol. The van der Waals surface area contributed by atoms with Crippen LogP contribution in [0.15, 0.2) is 73.1 Å². The van der Waals surface area contributed by atoms with E-state index >= 15 is 0 Å². The molecule has 216 valence electrons. The lowest BCUT2D eigenvalue weighted by Crippen LogP contribution is -2.34. The molecule has 1 saturated carbocycles. The molecule has 0 spiro atoms. The number of carbonyl (C=O) groups is 1. The molecule has 3 heterocycles. The minimum atomic E-state index is -4.54. The fraction of sp³-hybridized carbons (Fsp3) is 0.394. The quantitative estimate of drug-likeness (QED) is 0.257. The molecule has 42 heavy (non-hydrogen) atoms. The maximum atomic E-state index is 14.6. The Balaban J connectivity index is 1.27. The number of aromatic nitrogens is 4. The van der Waals surface area contributed by atoms with Crippen LogP contribution in [0.4, 0.5) is 18.9 Å². The predicted octanol–water partition coefficient (Wildman–Crippen LogP) is 6.73. The lowest BCUT2D eigenvalue weighted by atomic mass is 9.79. The molecule has 1 aliphatic heterocycles. The van der Waals surface area contributed by atoms with E-state index in [2.05, 4.69) is 14.9 Å². The van der Waals surface area contributed by atoms with Crippen molar-refractivity contribution < 1.29 is 18.0 Å². The van der Waals surface area contributed by atoms with Crippen LogP contribution < -0.4 is 4.90 Å². The molecular formula is C33H32F3N5O. The van der Waals surface area contributed by atoms with Crippen LogP contribution in [0, 0.1) is 0 Å². The summed E-state index contributed by atoms with van der Waals surface area (Å²) in [5.74, 6) is -1.01. The summed E-state index contributed by atoms with van der Waals surface area (Å²) in [4.78, 5) is 24.1. The predicted molar refractivity (Wildman–Crippen MR) is 153 cm³/mol. The number of fused-ring (bicyclic) bond motifs is 1. The third-order valence-electron chi connectivity index (χ3n) is 8.94. The molecule has 2 aromatic heterocycles. The van der Waals surface area contributed by atoms with Crippen LogP contribution in [0.3, 0.4) is 0 Å². The van der Waals surface area contributed by atoms with E-state index in [1.807, 2.05) is 73.1 Å². The summed E-state index contributed by atoms with van der Waals surface area (Å²) in [5, 5.41) is 5.02. The normalized spacial score (nSPS) is 19.8. The van der Waals surface area contributed by atoms with Crippen molar-refractivity contribution in [2.24, 2.45) is 0 Å². The number of rotatable bonds is 6. The summed E-state index contributed by atoms with van der Waals surface area (Å²) in [6.45, 7) is 1.35. The highest BCUT2D eigenvalue weighted by atomic mass is 19.4. The second-order valence-corrected chi connectivity index (χ2v) is 11.8. The first-order chi connectivity index (χ1) is 20.4. The van der Waals surface area contributed by atoms with Crippen molar-refractivity contribution in [1.29, 1.82) is 0 Å². The molecule has 2 aliphatic carbocycles. The highest BCUT2D eigenvalue weighted by Gasteiger charge is 2.49. The Morgan fingerprint density at radius 1 is 0.810 bits per heavy atom. The van der Waals surface area contributed by atoms with E-state index in [1.54, 1.807) is 4.68 Å². The van der Waals surface area contributed by atoms with Gasteiger partial charge >= 0.3 is 6.18 Å². The average Bonchev–Trinajstić information content (AvgIpc) is 3.80. The summed E-state index contributed by atoms with van der Waals surface area (Å²) in [6.07, 6.45) is 2.23. The van der Waals surface area contributed by atoms with Crippen molar-refractivity contribution in [3.05, 3.63) is 107 Å². The van der Waals surface area contributed by atoms with Gasteiger partial charge in [-0.15, -0.1) is 0 Å². The van der Waals surface area contributed by atoms with Gasteiger partial charge in [-0.3, -0.25) is 9.48 Å². The van der Waals surface area contributed by atoms with Crippen molar-refractivity contribution in [2.45, 2.75) is 68.5 Å². The molecule has 1 unspecified atom stereocenters. The van der Waals surface area contributed by atoms with E-state index in [9.17, 15) is 18.0 Å². The van der Waals surface area contributed by atoms with Gasteiger partial charge < -0.3 is 4.90 Å². The Hall–Kier alpha value is -4.01. The Kier molecular flexibility index (Phi) is 6.83. The molecule has 0 radical (unpaired) electrons. The lowest BCUT2D eigenvalue weighted by molar-refractivity contribution is -0.158. The van der Waals surface area contributed by atoms with Crippen LogP contribution >= 0.6 is 0 Å². The van der Waals surface area contributed by atoms with Crippen LogP contribution in [-0.2, 0) is 11.2 Å². The van der Waals surface area contributed by atoms with Gasteiger partial charge in [0.1, 0.15) is 17.6 Å². The second-order valence-electron chi connectivity index (χ2n) is 11.8. The number of piperidine rings is 1. The van der Waals surface area contributed by atoms with Crippen LogP contribution in [0.1, 0.15) is 89.8 Å². The SMILES string of the molecule is O=C1Cc2c(c(C3CCN(c4cnc(C5CC5)nc4)CC3)nn2C(c2ccccc2)c2ccccc2)C(C(F)(F)F)C1. The fourth-order valence-corrected chi connectivity index (χ4v) is 6.64. The molecule has 1 saturated heterocycles. The molecular weight excluding hydrogens is 539 g/mol. The Labute approximate surface area is 242 Å². The van der Waals surface area contributed by atoms with E-state index in [0.29, 0.717) is 43.2 Å². The summed E-state index contributed by atoms with van der Waals surface area (Å²) in [6, 6.07) is 18.9. The molecule has 0 amide bonds. The first-order valence-corrected chi connectivity index (χ1v) is 14.7. The van der Waals surface area contributed by atoms with Crippen LogP contribution in [0.2, 0.25) is 0 Å². The van der Waals surface area contributed by atoms with E-state index in [1.165, 1.54) is 0 Å². The standard InChI is InChI=1S/C33H32F3N5O/c34-33(35,36)27-17-26(42)18-28-29(27)30(21-13-15-40(16-14-21)25-19-37-32(38-20-25)24-11-12-24)39-41(28)31(22-7-3-1-4-8-22)23-9-5-2-6-10-23/h1-10,19-21,24,27,31H,11-18H2. The molecule has 2 aromatic carbocycles. The van der Waals surface area contributed by atoms with E-state index < -0.39 is 30.3 Å². The molecule has 7 rings (SSSR count). The van der Waals surface area contributed by atoms with Gasteiger partial charge in [-0.1, -0.05) is 60.7 Å². The van der Waals surface area contributed by atoms with Crippen LogP contribution in [-0.4, -0.2) is 44.8 Å². The number of hydrogen-bond acceptors (Lipinski definition) is 5. The van der Waals surface area contributed by atoms with E-state index in [-0.39, 0.29) is 17.9 Å². The Morgan fingerprint density at radius 3 is 1.95 bits per heavy atom. The maximum absolute atomic E-state index is 14.6. The van der Waals surface area contributed by atoms with Crippen LogP contribution in [0.25, 0.3) is 0 Å². The average molecular weight is 572 g/mol. The number of nitrogens with zero attached hydrogens (tertiary/aromatic N) is 5. The number of hydrogen-bond donors (Lipinski definition) is 0. The van der Waals surface area contributed by atoms with Crippen molar-refractivity contribution >= 4 is 11.5 Å². The number of alkyl halides is 3. The molecule has 6 nitrogen and oxygen atoms in total. The first-order valence-electron chi connectivity index (χ1n) is 14.7. The van der Waals surface area contributed by atoms with E-state index in [0.717, 1.165) is 35.5 Å². The Morgan fingerprint density at radius 2 is 1.40 bits per heavy atom. The molecule has 2 fully saturated rings. The third-order valence-corrected chi connectivity index (χ3v) is 8.94. The summed E-state index contributed by atoms with van der Waals surface area (Å²) >= 11 is 0. The number of halogens is 3. The molecule has 0 N–H and O–H groups in total. The van der Waals surface area contributed by atoms with Crippen molar-refractivity contribution in [2.75, 3.05) is 18.0 Å². The second kappa shape index (κ2) is 10.7. The van der Waals surface area contributed by atoms with Gasteiger partial charge in [0.05, 0.1) is 35.4 Å². The van der Waals surface area contributed by atoms with Gasteiger partial charge in [-0.05, 0) is 36.8 Å². The smallest absolute Gasteiger partial charge is 0.369 e. The summed E-state index contributed by atoms with van der Waals surface area (Å²) < 4.78 is 45.4. The van der Waals surface area contributed by atoms with Gasteiger partial charge in [0.25, 0.3) is 0 Å². The summed E-state index contributed by atoms with van der Waals surface area (Å²) in [5.41, 5.74) is 3.87. The van der Waals surface area contributed by atoms with E-state index in [4.69, 9.17) is 5.10 Å². The largest absolute Gasteiger partial charge is 0.396 e. The number of ketones is 1. The first kappa shape index (κ1) is 26.9. The minimum Gasteiger partial charge on any atom is -0.369 e. The molecule has 1 atom stereocenters. The van der Waals surface area contributed by atoms with Gasteiger partial charge in [-0.25, -0.2) is 9.97 Å². The van der Waals surface area contributed by atoms with Crippen molar-refractivity contribution in [1.82, 2.24) is 19.7 Å². The van der Waals surface area contributed by atoms with Crippen LogP contribution in [0.5, 0.6) is 0 Å². The maximum Gasteiger partial charge on any atom is 0.396 e. The van der Waals surface area contributed by atoms with Crippen molar-refractivity contribution in [3.63, 3.8) is 0 Å². The minimum absolute atomic E-state index is 0.0470. The molecule has 3 aliphatic rings. The zero-order valence-electron chi connectivity index (χ0n) is 23.2. The van der Waals surface area contributed by atoms with Gasteiger partial charge in [0.15, 0.2) is 0 Å². The fourth-order valence-electron chi connectivity index (χ4n) is 6.64. The topological polar surface area (TPSA) is 63.9 Å². The zero-order chi connectivity index (χ0) is 28.8. The summed E-state index contributed by atoms with van der Waals surface area (Å²) in [7, 11) is 0. The molecule has 0 bridgehead atoms. The van der Waals surface area contributed by atoms with Crippen molar-refractivity contribution in [3.8, 4) is 0 Å². The van der Waals surface area contributed by atoms with Gasteiger partial charge in [0.2, 0.25) is 0 Å². The third kappa shape index (κ3) is 5.10. The number of carbonyl (C=O) groups excluding carboxylic acids is 1. The highest BCUT2D eigenvalue weighted by molar-refractivity contribution is 5.84. The molecule has 4 aromatic rings. The zero-order valence-corrected chi connectivity index (χ0v) is 23.2. The highest BCUT2D eigenvalue weighted by Crippen LogP contribution is 2.48. The number of Topliss-reactive ketones (excluding diaryl/α,β-unsaturated/α-hetero) is 1. The number of anilines is 1. The Bertz CT molecular complexity index is 1520. The lowest BCUT2D eigenvalue weighted by Gasteiger charge is -2.34. The van der Waals surface area contributed by atoms with Gasteiger partial charge in [0, 0.05) is 43.3 Å².